The average molecular weight is 282 g/mol. The highest BCUT2D eigenvalue weighted by atomic mass is 16.5. The first kappa shape index (κ1) is 16.3. The number of carbonyl (C=O) groups excluding carboxylic acids is 1. The van der Waals surface area contributed by atoms with Crippen LogP contribution in [-0.2, 0) is 4.79 Å². The monoisotopic (exact) mass is 282 g/mol. The second kappa shape index (κ2) is 7.72. The van der Waals surface area contributed by atoms with Crippen molar-refractivity contribution in [1.82, 2.24) is 5.32 Å². The maximum Gasteiger partial charge on any atom is 0.224 e. The van der Waals surface area contributed by atoms with Crippen LogP contribution in [0.2, 0.25) is 0 Å². The molecule has 0 bridgehead atoms. The summed E-state index contributed by atoms with van der Waals surface area (Å²) in [4.78, 5) is 11.8. The normalized spacial score (nSPS) is 11.2. The van der Waals surface area contributed by atoms with E-state index in [4.69, 9.17) is 10.5 Å². The van der Waals surface area contributed by atoms with Crippen LogP contribution in [0.4, 0.5) is 5.69 Å². The molecule has 6 nitrogen and oxygen atoms in total. The smallest absolute Gasteiger partial charge is 0.224 e. The topological polar surface area (TPSA) is 105 Å². The quantitative estimate of drug-likeness (QED) is 0.513. The Morgan fingerprint density at radius 3 is 2.55 bits per heavy atom. The molecule has 0 radical (unpaired) electrons. The molecule has 0 saturated heterocycles. The Hall–Kier alpha value is -1.79. The number of amides is 1. The van der Waals surface area contributed by atoms with Gasteiger partial charge in [0.25, 0.3) is 0 Å². The predicted octanol–water partition coefficient (Wildman–Crippen LogP) is 0.287. The zero-order chi connectivity index (χ0) is 15.0. The van der Waals surface area contributed by atoms with Crippen molar-refractivity contribution in [3.8, 4) is 5.75 Å². The summed E-state index contributed by atoms with van der Waals surface area (Å²) < 4.78 is 5.41. The molecule has 0 spiro atoms. The standard InChI is InChI=1S/C14H22N2O4/c1-2-14(9-17,10-18)16-13(19)7-8-20-12-6-4-3-5-11(12)15/h3-6,17-18H,2,7-10,15H2,1H3,(H,16,19). The molecule has 0 aliphatic carbocycles. The van der Waals surface area contributed by atoms with Crippen LogP contribution < -0.4 is 15.8 Å². The van der Waals surface area contributed by atoms with Gasteiger partial charge in [0.2, 0.25) is 5.91 Å². The van der Waals surface area contributed by atoms with Crippen molar-refractivity contribution in [2.24, 2.45) is 0 Å². The maximum atomic E-state index is 11.8. The van der Waals surface area contributed by atoms with E-state index in [9.17, 15) is 15.0 Å². The molecule has 5 N–H and O–H groups in total. The number of rotatable bonds is 8. The van der Waals surface area contributed by atoms with Gasteiger partial charge in [0.1, 0.15) is 5.75 Å². The number of nitrogens with two attached hydrogens (primary N) is 1. The fourth-order valence-corrected chi connectivity index (χ4v) is 1.66. The zero-order valence-electron chi connectivity index (χ0n) is 11.6. The number of nitrogen functional groups attached to an aromatic ring is 1. The van der Waals surface area contributed by atoms with Crippen molar-refractivity contribution in [2.75, 3.05) is 25.6 Å². The van der Waals surface area contributed by atoms with Crippen molar-refractivity contribution >= 4 is 11.6 Å². The number of aliphatic hydroxyl groups is 2. The van der Waals surface area contributed by atoms with Gasteiger partial charge < -0.3 is 26.0 Å². The molecule has 0 heterocycles. The third-order valence-corrected chi connectivity index (χ3v) is 3.19. The Balaban J connectivity index is 2.42. The van der Waals surface area contributed by atoms with E-state index in [0.29, 0.717) is 17.9 Å². The first-order chi connectivity index (χ1) is 9.56. The molecule has 6 heteroatoms. The second-order valence-corrected chi connectivity index (χ2v) is 4.63. The summed E-state index contributed by atoms with van der Waals surface area (Å²) in [5.74, 6) is 0.246. The van der Waals surface area contributed by atoms with Gasteiger partial charge in [0.15, 0.2) is 0 Å². The van der Waals surface area contributed by atoms with Crippen molar-refractivity contribution in [2.45, 2.75) is 25.3 Å². The Kier molecular flexibility index (Phi) is 6.27. The number of nitrogens with one attached hydrogen (secondary N) is 1. The van der Waals surface area contributed by atoms with Crippen LogP contribution in [0.3, 0.4) is 0 Å². The lowest BCUT2D eigenvalue weighted by Gasteiger charge is -2.29. The molecule has 0 aliphatic heterocycles. The van der Waals surface area contributed by atoms with E-state index in [1.807, 2.05) is 0 Å². The molecule has 1 rings (SSSR count). The van der Waals surface area contributed by atoms with E-state index in [2.05, 4.69) is 5.32 Å². The lowest BCUT2D eigenvalue weighted by molar-refractivity contribution is -0.125. The zero-order valence-corrected chi connectivity index (χ0v) is 11.6. The van der Waals surface area contributed by atoms with Gasteiger partial charge in [-0.1, -0.05) is 19.1 Å². The van der Waals surface area contributed by atoms with Crippen molar-refractivity contribution in [3.63, 3.8) is 0 Å². The SMILES string of the molecule is CCC(CO)(CO)NC(=O)CCOc1ccccc1N. The lowest BCUT2D eigenvalue weighted by atomic mass is 9.98. The Labute approximate surface area is 118 Å². The van der Waals surface area contributed by atoms with Crippen LogP contribution in [0, 0.1) is 0 Å². The molecule has 0 aromatic heterocycles. The van der Waals surface area contributed by atoms with E-state index in [0.717, 1.165) is 0 Å². The van der Waals surface area contributed by atoms with Crippen LogP contribution in [0.1, 0.15) is 19.8 Å². The average Bonchev–Trinajstić information content (AvgIpc) is 2.47. The molecule has 1 aromatic rings. The van der Waals surface area contributed by atoms with Crippen LogP contribution in [0.15, 0.2) is 24.3 Å². The summed E-state index contributed by atoms with van der Waals surface area (Å²) in [5.41, 5.74) is 5.26. The first-order valence-corrected chi connectivity index (χ1v) is 6.57. The molecule has 1 aromatic carbocycles. The molecule has 112 valence electrons. The largest absolute Gasteiger partial charge is 0.491 e. The van der Waals surface area contributed by atoms with Crippen LogP contribution in [0.25, 0.3) is 0 Å². The number of hydrogen-bond donors (Lipinski definition) is 4. The summed E-state index contributed by atoms with van der Waals surface area (Å²) in [6, 6.07) is 7.04. The highest BCUT2D eigenvalue weighted by molar-refractivity contribution is 5.77. The molecule has 0 fully saturated rings. The number of ether oxygens (including phenoxy) is 1. The van der Waals surface area contributed by atoms with E-state index >= 15 is 0 Å². The summed E-state index contributed by atoms with van der Waals surface area (Å²) in [7, 11) is 0. The second-order valence-electron chi connectivity index (χ2n) is 4.63. The molecule has 0 saturated carbocycles. The van der Waals surface area contributed by atoms with E-state index in [-0.39, 0.29) is 32.1 Å². The number of carbonyl (C=O) groups is 1. The van der Waals surface area contributed by atoms with Gasteiger partial charge in [-0.3, -0.25) is 4.79 Å². The Morgan fingerprint density at radius 1 is 1.35 bits per heavy atom. The molecule has 0 aliphatic rings. The number of aliphatic hydroxyl groups excluding tert-OH is 2. The van der Waals surface area contributed by atoms with E-state index in [1.165, 1.54) is 0 Å². The minimum absolute atomic E-state index is 0.121. The molecule has 1 amide bonds. The van der Waals surface area contributed by atoms with Crippen molar-refractivity contribution in [1.29, 1.82) is 0 Å². The number of para-hydroxylation sites is 2. The highest BCUT2D eigenvalue weighted by Gasteiger charge is 2.28. The minimum atomic E-state index is -0.969. The molecule has 20 heavy (non-hydrogen) atoms. The Morgan fingerprint density at radius 2 is 2.00 bits per heavy atom. The maximum absolute atomic E-state index is 11.8. The fourth-order valence-electron chi connectivity index (χ4n) is 1.66. The van der Waals surface area contributed by atoms with Gasteiger partial charge in [-0.2, -0.15) is 0 Å². The van der Waals surface area contributed by atoms with Crippen LogP contribution >= 0.6 is 0 Å². The van der Waals surface area contributed by atoms with Crippen molar-refractivity contribution < 1.29 is 19.7 Å². The Bertz CT molecular complexity index is 425. The fraction of sp³-hybridized carbons (Fsp3) is 0.500. The lowest BCUT2D eigenvalue weighted by Crippen LogP contribution is -2.54. The van der Waals surface area contributed by atoms with Gasteiger partial charge in [-0.25, -0.2) is 0 Å². The number of benzene rings is 1. The van der Waals surface area contributed by atoms with Gasteiger partial charge >= 0.3 is 0 Å². The van der Waals surface area contributed by atoms with Gasteiger partial charge in [0, 0.05) is 0 Å². The third-order valence-electron chi connectivity index (χ3n) is 3.19. The molecule has 0 atom stereocenters. The summed E-state index contributed by atoms with van der Waals surface area (Å²) >= 11 is 0. The molecular weight excluding hydrogens is 260 g/mol. The van der Waals surface area contributed by atoms with Crippen LogP contribution in [-0.4, -0.2) is 41.5 Å². The summed E-state index contributed by atoms with van der Waals surface area (Å²) in [6.07, 6.45) is 0.564. The van der Waals surface area contributed by atoms with Crippen molar-refractivity contribution in [3.05, 3.63) is 24.3 Å². The summed E-state index contributed by atoms with van der Waals surface area (Å²) in [6.45, 7) is 1.35. The van der Waals surface area contributed by atoms with E-state index < -0.39 is 5.54 Å². The van der Waals surface area contributed by atoms with E-state index in [1.54, 1.807) is 31.2 Å². The highest BCUT2D eigenvalue weighted by Crippen LogP contribution is 2.19. The number of hydrogen-bond acceptors (Lipinski definition) is 5. The van der Waals surface area contributed by atoms with Gasteiger partial charge in [0.05, 0.1) is 37.5 Å². The molecular formula is C14H22N2O4. The van der Waals surface area contributed by atoms with Gasteiger partial charge in [-0.05, 0) is 18.6 Å². The number of anilines is 1. The summed E-state index contributed by atoms with van der Waals surface area (Å²) in [5, 5.41) is 21.1. The minimum Gasteiger partial charge on any atom is -0.491 e. The first-order valence-electron chi connectivity index (χ1n) is 6.57. The molecule has 0 unspecified atom stereocenters. The predicted molar refractivity (Wildman–Crippen MR) is 76.3 cm³/mol. The van der Waals surface area contributed by atoms with Crippen LogP contribution in [0.5, 0.6) is 5.75 Å². The third kappa shape index (κ3) is 4.40. The van der Waals surface area contributed by atoms with Gasteiger partial charge in [-0.15, -0.1) is 0 Å².